The molecule has 1 aromatic rings. The van der Waals surface area contributed by atoms with Crippen LogP contribution in [0.5, 0.6) is 0 Å². The first-order chi connectivity index (χ1) is 16.3. The highest BCUT2D eigenvalue weighted by molar-refractivity contribution is 7.95. The number of nitrogens with zero attached hydrogens (tertiary/aromatic N) is 3. The molecule has 1 aromatic heterocycles. The molecule has 0 saturated carbocycles. The van der Waals surface area contributed by atoms with Crippen LogP contribution in [-0.2, 0) is 22.7 Å². The molecule has 0 amide bonds. The smallest absolute Gasteiger partial charge is 0.195 e. The highest BCUT2D eigenvalue weighted by Crippen LogP contribution is 2.28. The number of thiazole rings is 1. The summed E-state index contributed by atoms with van der Waals surface area (Å²) in [6, 6.07) is 0. The summed E-state index contributed by atoms with van der Waals surface area (Å²) in [4.78, 5) is 12.7. The molecule has 0 spiro atoms. The van der Waals surface area contributed by atoms with Gasteiger partial charge in [0.25, 0.3) is 0 Å². The van der Waals surface area contributed by atoms with Gasteiger partial charge in [-0.05, 0) is 71.0 Å². The Morgan fingerprint density at radius 2 is 2.00 bits per heavy atom. The molecule has 0 aromatic carbocycles. The highest BCUT2D eigenvalue weighted by Gasteiger charge is 2.36. The Morgan fingerprint density at radius 3 is 2.51 bits per heavy atom. The minimum absolute atomic E-state index is 0.00721. The second-order valence-electron chi connectivity index (χ2n) is 9.61. The Balaban J connectivity index is 3.45. The number of aromatic nitrogens is 1. The zero-order valence-electron chi connectivity index (χ0n) is 22.4. The Morgan fingerprint density at radius 1 is 1.34 bits per heavy atom. The molecule has 196 valence electrons. The van der Waals surface area contributed by atoms with Crippen molar-refractivity contribution < 1.29 is 8.42 Å². The molecule has 1 atom stereocenters. The molecule has 0 unspecified atom stereocenters. The van der Waals surface area contributed by atoms with E-state index in [4.69, 9.17) is 10.7 Å². The zero-order valence-corrected chi connectivity index (χ0v) is 24.1. The largest absolute Gasteiger partial charge is 0.398 e. The van der Waals surface area contributed by atoms with Crippen molar-refractivity contribution in [3.63, 3.8) is 0 Å². The van der Waals surface area contributed by atoms with Gasteiger partial charge in [0.1, 0.15) is 0 Å². The van der Waals surface area contributed by atoms with Crippen LogP contribution in [0.4, 0.5) is 0 Å². The van der Waals surface area contributed by atoms with Crippen molar-refractivity contribution >= 4 is 26.9 Å². The molecular formula is C27H44N4O2S2. The van der Waals surface area contributed by atoms with Crippen molar-refractivity contribution in [2.75, 3.05) is 19.3 Å². The molecule has 0 saturated heterocycles. The molecule has 0 radical (unpaired) electrons. The minimum Gasteiger partial charge on any atom is -0.398 e. The van der Waals surface area contributed by atoms with E-state index in [9.17, 15) is 8.42 Å². The summed E-state index contributed by atoms with van der Waals surface area (Å²) in [5.74, 6) is -0.0268. The van der Waals surface area contributed by atoms with Crippen LogP contribution in [0.25, 0.3) is 0 Å². The van der Waals surface area contributed by atoms with Crippen LogP contribution in [0.3, 0.4) is 0 Å². The van der Waals surface area contributed by atoms with Gasteiger partial charge in [-0.15, -0.1) is 24.5 Å². The fraction of sp³-hybridized carbons (Fsp3) is 0.556. The highest BCUT2D eigenvalue weighted by atomic mass is 32.2. The van der Waals surface area contributed by atoms with E-state index >= 15 is 0 Å². The maximum absolute atomic E-state index is 13.3. The van der Waals surface area contributed by atoms with Crippen LogP contribution in [0.15, 0.2) is 58.7 Å². The van der Waals surface area contributed by atoms with E-state index < -0.39 is 15.4 Å². The number of sulfone groups is 1. The van der Waals surface area contributed by atoms with Crippen molar-refractivity contribution in [3.05, 3.63) is 64.3 Å². The quantitative estimate of drug-likeness (QED) is 0.223. The summed E-state index contributed by atoms with van der Waals surface area (Å²) in [5.41, 5.74) is 10.0. The van der Waals surface area contributed by atoms with E-state index in [0.717, 1.165) is 31.5 Å². The van der Waals surface area contributed by atoms with Crippen molar-refractivity contribution in [2.24, 2.45) is 16.6 Å². The van der Waals surface area contributed by atoms with Gasteiger partial charge >= 0.3 is 0 Å². The fourth-order valence-electron chi connectivity index (χ4n) is 4.11. The number of hydrogen-bond donors (Lipinski definition) is 1. The van der Waals surface area contributed by atoms with Crippen LogP contribution in [0, 0.1) is 5.92 Å². The standard InChI is InChI=1S/C27H44N4O2S2/c1-10-14-21(6)26(35(32,33)18-20(4)5)30-25(22(7)28)27(8,16-11-2)31(9)17-13-15-24-23(12-3)29-19-34-24/h10-11,19-20H,1-2,7,12-18,28H2,3-6,8-9H3/b26-21-,30-25+/t27-/m0/s1. The fourth-order valence-corrected chi connectivity index (χ4v) is 6.90. The summed E-state index contributed by atoms with van der Waals surface area (Å²) < 4.78 is 26.7. The Kier molecular flexibility index (Phi) is 12.3. The maximum atomic E-state index is 13.3. The molecule has 2 N–H and O–H groups in total. The molecule has 1 heterocycles. The van der Waals surface area contributed by atoms with Gasteiger partial charge in [-0.25, -0.2) is 18.4 Å². The summed E-state index contributed by atoms with van der Waals surface area (Å²) >= 11 is 1.69. The molecule has 8 heteroatoms. The monoisotopic (exact) mass is 520 g/mol. The first-order valence-corrected chi connectivity index (χ1v) is 14.7. The normalized spacial score (nSPS) is 15.1. The van der Waals surface area contributed by atoms with Gasteiger partial charge in [-0.1, -0.05) is 39.5 Å². The van der Waals surface area contributed by atoms with E-state index in [1.165, 1.54) is 4.88 Å². The van der Waals surface area contributed by atoms with Crippen molar-refractivity contribution in [1.29, 1.82) is 0 Å². The van der Waals surface area contributed by atoms with Gasteiger partial charge in [-0.3, -0.25) is 4.90 Å². The van der Waals surface area contributed by atoms with E-state index in [1.807, 2.05) is 39.4 Å². The van der Waals surface area contributed by atoms with E-state index in [2.05, 4.69) is 36.5 Å². The maximum Gasteiger partial charge on any atom is 0.195 e. The lowest BCUT2D eigenvalue weighted by atomic mass is 9.87. The third-order valence-electron chi connectivity index (χ3n) is 6.03. The number of allylic oxidation sites excluding steroid dienone is 2. The van der Waals surface area contributed by atoms with Crippen LogP contribution < -0.4 is 5.73 Å². The minimum atomic E-state index is -3.63. The molecule has 0 fully saturated rings. The third-order valence-corrected chi connectivity index (χ3v) is 9.10. The van der Waals surface area contributed by atoms with Crippen LogP contribution >= 0.6 is 11.3 Å². The second-order valence-corrected chi connectivity index (χ2v) is 12.5. The second kappa shape index (κ2) is 13.9. The van der Waals surface area contributed by atoms with Crippen LogP contribution in [-0.4, -0.2) is 48.9 Å². The summed E-state index contributed by atoms with van der Waals surface area (Å²) in [7, 11) is -1.62. The molecule has 0 bridgehead atoms. The number of aryl methyl sites for hydroxylation is 2. The topological polar surface area (TPSA) is 88.7 Å². The molecule has 0 aliphatic rings. The predicted molar refractivity (Wildman–Crippen MR) is 153 cm³/mol. The van der Waals surface area contributed by atoms with Gasteiger partial charge in [0.2, 0.25) is 0 Å². The summed E-state index contributed by atoms with van der Waals surface area (Å²) in [6.07, 6.45) is 7.25. The van der Waals surface area contributed by atoms with Gasteiger partial charge in [0.15, 0.2) is 14.9 Å². The Bertz CT molecular complexity index is 1050. The molecule has 35 heavy (non-hydrogen) atoms. The van der Waals surface area contributed by atoms with Crippen molar-refractivity contribution in [2.45, 2.75) is 72.3 Å². The van der Waals surface area contributed by atoms with E-state index in [-0.39, 0.29) is 22.4 Å². The van der Waals surface area contributed by atoms with Crippen molar-refractivity contribution in [1.82, 2.24) is 9.88 Å². The van der Waals surface area contributed by atoms with Gasteiger partial charge in [0, 0.05) is 10.6 Å². The molecule has 0 aliphatic heterocycles. The lowest BCUT2D eigenvalue weighted by Crippen LogP contribution is -2.52. The van der Waals surface area contributed by atoms with Gasteiger partial charge in [-0.2, -0.15) is 0 Å². The van der Waals surface area contributed by atoms with Crippen LogP contribution in [0.1, 0.15) is 64.5 Å². The zero-order chi connectivity index (χ0) is 26.8. The Hall–Kier alpha value is -2.03. The van der Waals surface area contributed by atoms with Gasteiger partial charge < -0.3 is 5.73 Å². The molecule has 0 aliphatic carbocycles. The summed E-state index contributed by atoms with van der Waals surface area (Å²) in [6.45, 7) is 22.1. The van der Waals surface area contributed by atoms with Gasteiger partial charge in [0.05, 0.1) is 28.2 Å². The lowest BCUT2D eigenvalue weighted by molar-refractivity contribution is 0.204. The Labute approximate surface area is 217 Å². The molecule has 6 nitrogen and oxygen atoms in total. The number of nitrogens with two attached hydrogens (primary N) is 1. The molecule has 1 rings (SSSR count). The SMILES string of the molecule is C=CC/C(C)=C(/N=C(\C(=C)N)[C@](C)(CC=C)N(C)CCCc1scnc1CC)S(=O)(=O)CC(C)C. The predicted octanol–water partition coefficient (Wildman–Crippen LogP) is 5.70. The van der Waals surface area contributed by atoms with Crippen LogP contribution in [0.2, 0.25) is 0 Å². The third kappa shape index (κ3) is 8.54. The summed E-state index contributed by atoms with van der Waals surface area (Å²) in [5, 5.41) is 0.0636. The van der Waals surface area contributed by atoms with E-state index in [1.54, 1.807) is 24.3 Å². The molecular weight excluding hydrogens is 476 g/mol. The lowest BCUT2D eigenvalue weighted by Gasteiger charge is -2.40. The number of hydrogen-bond acceptors (Lipinski definition) is 7. The number of rotatable bonds is 16. The van der Waals surface area contributed by atoms with Crippen molar-refractivity contribution in [3.8, 4) is 0 Å². The number of aliphatic imine (C=N–C) groups is 1. The average molecular weight is 521 g/mol. The van der Waals surface area contributed by atoms with E-state index in [0.29, 0.717) is 24.1 Å². The first kappa shape index (κ1) is 31.0. The average Bonchev–Trinajstić information content (AvgIpc) is 3.20. The first-order valence-electron chi connectivity index (χ1n) is 12.1.